The van der Waals surface area contributed by atoms with E-state index in [0.717, 1.165) is 25.7 Å². The summed E-state index contributed by atoms with van der Waals surface area (Å²) in [4.78, 5) is 0. The average molecular weight is 617 g/mol. The minimum Gasteiger partial charge on any atom is -0.390 e. The molecule has 0 saturated heterocycles. The Hall–Kier alpha value is -0.506. The molecule has 1 N–H and O–H groups in total. The fourth-order valence-corrected chi connectivity index (χ4v) is 10.7. The molecule has 0 amide bonds. The highest BCUT2D eigenvalue weighted by Crippen LogP contribution is 2.65. The monoisotopic (exact) mass is 616 g/mol. The highest BCUT2D eigenvalue weighted by molar-refractivity contribution is 6.75. The first-order valence-electron chi connectivity index (χ1n) is 16.7. The van der Waals surface area contributed by atoms with Crippen LogP contribution in [0.25, 0.3) is 0 Å². The van der Waals surface area contributed by atoms with Gasteiger partial charge in [-0.3, -0.25) is 0 Å². The number of fused-ring (bicyclic) bond motifs is 5. The van der Waals surface area contributed by atoms with Crippen LogP contribution in [0.15, 0.2) is 34.9 Å². The van der Waals surface area contributed by atoms with Gasteiger partial charge in [-0.1, -0.05) is 84.8 Å². The van der Waals surface area contributed by atoms with Crippen molar-refractivity contribution in [1.82, 2.24) is 0 Å². The van der Waals surface area contributed by atoms with E-state index in [2.05, 4.69) is 99.8 Å². The van der Waals surface area contributed by atoms with Crippen LogP contribution in [0, 0.1) is 22.7 Å². The fraction of sp³-hybridized carbons (Fsp3) is 0.833. The van der Waals surface area contributed by atoms with Crippen molar-refractivity contribution < 1.29 is 18.7 Å². The molecule has 0 aromatic rings. The Balaban J connectivity index is 1.64. The van der Waals surface area contributed by atoms with Gasteiger partial charge in [0.05, 0.1) is 18.8 Å². The van der Waals surface area contributed by atoms with Crippen molar-refractivity contribution in [3.8, 4) is 0 Å². The van der Waals surface area contributed by atoms with Crippen molar-refractivity contribution in [2.24, 2.45) is 22.7 Å². The van der Waals surface area contributed by atoms with Gasteiger partial charge in [-0.05, 0) is 104 Å². The van der Waals surface area contributed by atoms with Crippen LogP contribution in [0.1, 0.15) is 108 Å². The van der Waals surface area contributed by atoms with Gasteiger partial charge in [-0.15, -0.1) is 0 Å². The number of aliphatic hydroxyl groups is 1. The minimum atomic E-state index is -2.08. The zero-order chi connectivity index (χ0) is 31.8. The van der Waals surface area contributed by atoms with Gasteiger partial charge in [0.15, 0.2) is 22.4 Å². The standard InChI is InChI=1S/C36H64O4Si2/c1-31(2,3)41(11,12)39-36(40-42(13,14)32(4,5)6)22-21-35(10)26(23-36)15-17-28-29-18-16-27(24-38-25-33(7,8)37)34(29,9)20-19-30(28)35/h15-17,29-30,37H,18-25H2,1-14H3/t29-,30-,34+,35-/m0/s1. The Labute approximate surface area is 261 Å². The van der Waals surface area contributed by atoms with Gasteiger partial charge in [0, 0.05) is 12.8 Å². The van der Waals surface area contributed by atoms with Crippen molar-refractivity contribution >= 4 is 16.6 Å². The van der Waals surface area contributed by atoms with Crippen molar-refractivity contribution in [2.75, 3.05) is 13.2 Å². The molecule has 0 radical (unpaired) electrons. The molecule has 4 atom stereocenters. The highest BCUT2D eigenvalue weighted by atomic mass is 28.4. The van der Waals surface area contributed by atoms with Crippen molar-refractivity contribution in [3.05, 3.63) is 34.9 Å². The maximum absolute atomic E-state index is 10.1. The predicted octanol–water partition coefficient (Wildman–Crippen LogP) is 9.93. The minimum absolute atomic E-state index is 0.128. The molecule has 4 rings (SSSR count). The first-order chi connectivity index (χ1) is 18.9. The summed E-state index contributed by atoms with van der Waals surface area (Å²) >= 11 is 0. The molecule has 0 unspecified atom stereocenters. The van der Waals surface area contributed by atoms with Crippen LogP contribution in [0.5, 0.6) is 0 Å². The van der Waals surface area contributed by atoms with E-state index in [-0.39, 0.29) is 20.9 Å². The topological polar surface area (TPSA) is 47.9 Å². The maximum atomic E-state index is 10.1. The number of ether oxygens (including phenoxy) is 1. The predicted molar refractivity (Wildman–Crippen MR) is 182 cm³/mol. The molecule has 2 saturated carbocycles. The van der Waals surface area contributed by atoms with Crippen LogP contribution >= 0.6 is 0 Å². The molecule has 4 aliphatic rings. The van der Waals surface area contributed by atoms with Crippen LogP contribution in [-0.2, 0) is 13.6 Å². The lowest BCUT2D eigenvalue weighted by molar-refractivity contribution is -0.159. The van der Waals surface area contributed by atoms with Crippen LogP contribution < -0.4 is 0 Å². The van der Waals surface area contributed by atoms with Gasteiger partial charge in [-0.2, -0.15) is 0 Å². The lowest BCUT2D eigenvalue weighted by Crippen LogP contribution is -2.59. The van der Waals surface area contributed by atoms with Gasteiger partial charge >= 0.3 is 0 Å². The Morgan fingerprint density at radius 1 is 0.810 bits per heavy atom. The van der Waals surface area contributed by atoms with Crippen LogP contribution in [0.3, 0.4) is 0 Å². The summed E-state index contributed by atoms with van der Waals surface area (Å²) < 4.78 is 20.8. The molecular formula is C36H64O4Si2. The van der Waals surface area contributed by atoms with Crippen LogP contribution in [-0.4, -0.2) is 46.3 Å². The summed E-state index contributed by atoms with van der Waals surface area (Å²) in [7, 11) is -4.15. The number of allylic oxidation sites excluding steroid dienone is 4. The summed E-state index contributed by atoms with van der Waals surface area (Å²) in [6.45, 7) is 33.3. The van der Waals surface area contributed by atoms with Crippen LogP contribution in [0.4, 0.5) is 0 Å². The first kappa shape index (κ1) is 34.4. The molecule has 0 bridgehead atoms. The van der Waals surface area contributed by atoms with E-state index >= 15 is 0 Å². The third kappa shape index (κ3) is 6.29. The van der Waals surface area contributed by atoms with Gasteiger partial charge < -0.3 is 18.7 Å². The normalized spacial score (nSPS) is 31.9. The Morgan fingerprint density at radius 2 is 1.38 bits per heavy atom. The maximum Gasteiger partial charge on any atom is 0.195 e. The van der Waals surface area contributed by atoms with Gasteiger partial charge in [-0.25, -0.2) is 0 Å². The van der Waals surface area contributed by atoms with E-state index < -0.39 is 28.0 Å². The molecule has 4 nitrogen and oxygen atoms in total. The average Bonchev–Trinajstić information content (AvgIpc) is 3.13. The molecule has 0 aliphatic heterocycles. The largest absolute Gasteiger partial charge is 0.390 e. The Bertz CT molecular complexity index is 1100. The third-order valence-corrected chi connectivity index (χ3v) is 21.5. The molecular weight excluding hydrogens is 553 g/mol. The molecule has 0 spiro atoms. The molecule has 42 heavy (non-hydrogen) atoms. The van der Waals surface area contributed by atoms with Crippen molar-refractivity contribution in [1.29, 1.82) is 0 Å². The molecule has 0 aromatic carbocycles. The van der Waals surface area contributed by atoms with E-state index in [1.54, 1.807) is 11.1 Å². The summed E-state index contributed by atoms with van der Waals surface area (Å²) in [5.74, 6) is 0.593. The zero-order valence-corrected chi connectivity index (χ0v) is 31.7. The third-order valence-electron chi connectivity index (χ3n) is 12.5. The smallest absolute Gasteiger partial charge is 0.195 e. The van der Waals surface area contributed by atoms with Crippen molar-refractivity contribution in [2.45, 2.75) is 155 Å². The molecule has 2 fully saturated rings. The Morgan fingerprint density at radius 3 is 1.90 bits per heavy atom. The number of hydrogen-bond acceptors (Lipinski definition) is 4. The van der Waals surface area contributed by atoms with Gasteiger partial charge in [0.25, 0.3) is 0 Å². The Kier molecular flexibility index (Phi) is 8.83. The summed E-state index contributed by atoms with van der Waals surface area (Å²) in [6, 6.07) is 0. The highest BCUT2D eigenvalue weighted by Gasteiger charge is 2.59. The lowest BCUT2D eigenvalue weighted by atomic mass is 9.50. The van der Waals surface area contributed by atoms with E-state index in [1.165, 1.54) is 18.4 Å². The summed E-state index contributed by atoms with van der Waals surface area (Å²) in [5.41, 5.74) is 4.15. The molecule has 240 valence electrons. The molecule has 6 heteroatoms. The number of hydrogen-bond donors (Lipinski definition) is 1. The molecule has 0 aromatic heterocycles. The fourth-order valence-electron chi connectivity index (χ4n) is 7.69. The van der Waals surface area contributed by atoms with E-state index in [0.29, 0.717) is 25.0 Å². The molecule has 4 aliphatic carbocycles. The molecule has 0 heterocycles. The van der Waals surface area contributed by atoms with Gasteiger partial charge in [0.1, 0.15) is 0 Å². The van der Waals surface area contributed by atoms with Crippen LogP contribution in [0.2, 0.25) is 36.3 Å². The first-order valence-corrected chi connectivity index (χ1v) is 22.5. The van der Waals surface area contributed by atoms with E-state index in [9.17, 15) is 5.11 Å². The SMILES string of the molecule is CC(C)(O)COCC1=CC[C@H]2C3=CC=C4CC(O[Si](C)(C)C(C)(C)C)(O[Si](C)(C)C(C)(C)C)CC[C@]4(C)[C@H]3CC[C@]12C. The van der Waals surface area contributed by atoms with Gasteiger partial charge in [0.2, 0.25) is 0 Å². The number of rotatable bonds is 8. The second-order valence-corrected chi connectivity index (χ2v) is 27.9. The second kappa shape index (κ2) is 10.8. The quantitative estimate of drug-likeness (QED) is 0.167. The van der Waals surface area contributed by atoms with E-state index in [1.807, 2.05) is 13.8 Å². The summed E-state index contributed by atoms with van der Waals surface area (Å²) in [5, 5.41) is 10.4. The zero-order valence-electron chi connectivity index (χ0n) is 29.7. The van der Waals surface area contributed by atoms with Crippen molar-refractivity contribution in [3.63, 3.8) is 0 Å². The summed E-state index contributed by atoms with van der Waals surface area (Å²) in [6.07, 6.45) is 13.9. The van der Waals surface area contributed by atoms with E-state index in [4.69, 9.17) is 13.6 Å². The second-order valence-electron chi connectivity index (χ2n) is 18.4. The lowest BCUT2D eigenvalue weighted by Gasteiger charge is -2.59.